The van der Waals surface area contributed by atoms with Gasteiger partial charge in [0.25, 0.3) is 0 Å². The smallest absolute Gasteiger partial charge is 0.313 e. The Morgan fingerprint density at radius 2 is 2.10 bits per heavy atom. The van der Waals surface area contributed by atoms with Crippen LogP contribution >= 0.6 is 34.7 Å². The molecule has 0 aliphatic carbocycles. The minimum Gasteiger partial charge on any atom is -0.467 e. The van der Waals surface area contributed by atoms with Crippen LogP contribution in [0.1, 0.15) is 24.2 Å². The molecule has 0 saturated heterocycles. The number of carbonyl (C=O) groups is 1. The lowest BCUT2D eigenvalue weighted by Gasteiger charge is -2.08. The molecule has 7 nitrogen and oxygen atoms in total. The Hall–Kier alpha value is -2.62. The highest BCUT2D eigenvalue weighted by Gasteiger charge is 2.18. The summed E-state index contributed by atoms with van der Waals surface area (Å²) in [5, 5.41) is 12.9. The molecule has 0 bridgehead atoms. The van der Waals surface area contributed by atoms with Crippen molar-refractivity contribution in [1.29, 1.82) is 0 Å². The molecular weight excluding hydrogens is 456 g/mol. The van der Waals surface area contributed by atoms with Crippen LogP contribution in [0.2, 0.25) is 5.02 Å². The molecule has 3 heterocycles. The van der Waals surface area contributed by atoms with Crippen molar-refractivity contribution in [2.75, 3.05) is 6.61 Å². The predicted octanol–water partition coefficient (Wildman–Crippen LogP) is 5.09. The number of nitrogens with zero attached hydrogens (tertiary/aromatic N) is 4. The molecule has 3 aromatic heterocycles. The van der Waals surface area contributed by atoms with Crippen LogP contribution < -0.4 is 0 Å². The van der Waals surface area contributed by atoms with Crippen molar-refractivity contribution in [3.8, 4) is 10.6 Å². The van der Waals surface area contributed by atoms with Crippen LogP contribution in [0.5, 0.6) is 0 Å². The van der Waals surface area contributed by atoms with E-state index in [2.05, 4.69) is 10.2 Å². The quantitative estimate of drug-likeness (QED) is 0.246. The van der Waals surface area contributed by atoms with E-state index in [1.807, 2.05) is 46.3 Å². The molecule has 4 rings (SSSR count). The molecule has 0 spiro atoms. The largest absolute Gasteiger partial charge is 0.467 e. The van der Waals surface area contributed by atoms with Gasteiger partial charge in [0.2, 0.25) is 0 Å². The first-order valence-electron chi connectivity index (χ1n) is 9.55. The fourth-order valence-corrected chi connectivity index (χ4v) is 4.76. The van der Waals surface area contributed by atoms with Crippen molar-refractivity contribution in [2.24, 2.45) is 0 Å². The van der Waals surface area contributed by atoms with Gasteiger partial charge in [0.05, 0.1) is 25.1 Å². The minimum atomic E-state index is -0.334. The summed E-state index contributed by atoms with van der Waals surface area (Å²) in [6.07, 6.45) is 1.67. The maximum atomic E-state index is 12.0. The van der Waals surface area contributed by atoms with Crippen LogP contribution in [0.25, 0.3) is 10.6 Å². The third kappa shape index (κ3) is 5.55. The zero-order valence-electron chi connectivity index (χ0n) is 16.7. The number of esters is 1. The van der Waals surface area contributed by atoms with Gasteiger partial charge in [-0.25, -0.2) is 4.98 Å². The van der Waals surface area contributed by atoms with Gasteiger partial charge >= 0.3 is 5.97 Å². The Morgan fingerprint density at radius 3 is 2.84 bits per heavy atom. The second kappa shape index (κ2) is 10.1. The highest BCUT2D eigenvalue weighted by molar-refractivity contribution is 7.98. The lowest BCUT2D eigenvalue weighted by Crippen LogP contribution is -2.13. The van der Waals surface area contributed by atoms with E-state index in [0.717, 1.165) is 22.0 Å². The number of aromatic nitrogens is 4. The number of halogens is 1. The van der Waals surface area contributed by atoms with Gasteiger partial charge in [0.15, 0.2) is 5.16 Å². The Balaban J connectivity index is 1.49. The zero-order valence-corrected chi connectivity index (χ0v) is 19.0. The normalized spacial score (nSPS) is 11.0. The van der Waals surface area contributed by atoms with Crippen molar-refractivity contribution in [3.63, 3.8) is 0 Å². The second-order valence-electron chi connectivity index (χ2n) is 6.49. The molecule has 0 amide bonds. The maximum absolute atomic E-state index is 12.0. The Morgan fingerprint density at radius 1 is 1.26 bits per heavy atom. The summed E-state index contributed by atoms with van der Waals surface area (Å²) >= 11 is 9.06. The summed E-state index contributed by atoms with van der Waals surface area (Å²) in [4.78, 5) is 16.7. The summed E-state index contributed by atoms with van der Waals surface area (Å²) in [7, 11) is 0. The number of rotatable bonds is 9. The fourth-order valence-electron chi connectivity index (χ4n) is 2.85. The van der Waals surface area contributed by atoms with Crippen LogP contribution in [0, 0.1) is 0 Å². The van der Waals surface area contributed by atoms with Gasteiger partial charge in [0, 0.05) is 21.7 Å². The van der Waals surface area contributed by atoms with E-state index in [1.165, 1.54) is 11.8 Å². The third-order valence-corrected chi connectivity index (χ3v) is 6.48. The number of ether oxygens (including phenoxy) is 1. The first-order valence-corrected chi connectivity index (χ1v) is 11.8. The summed E-state index contributed by atoms with van der Waals surface area (Å²) in [6, 6.07) is 11.3. The number of carbonyl (C=O) groups excluding carboxylic acids is 1. The average Bonchev–Trinajstić information content (AvgIpc) is 3.51. The van der Waals surface area contributed by atoms with E-state index >= 15 is 0 Å². The van der Waals surface area contributed by atoms with E-state index < -0.39 is 0 Å². The fraction of sp³-hybridized carbons (Fsp3) is 0.238. The highest BCUT2D eigenvalue weighted by atomic mass is 35.5. The summed E-state index contributed by atoms with van der Waals surface area (Å²) in [5.41, 5.74) is 1.97. The second-order valence-corrected chi connectivity index (χ2v) is 8.72. The molecule has 0 aliphatic heterocycles. The molecular formula is C21H19ClN4O3S2. The molecule has 10 heteroatoms. The summed E-state index contributed by atoms with van der Waals surface area (Å²) in [5.74, 6) is 1.59. The predicted molar refractivity (Wildman–Crippen MR) is 120 cm³/mol. The van der Waals surface area contributed by atoms with E-state index in [1.54, 1.807) is 24.5 Å². The molecule has 160 valence electrons. The molecule has 0 N–H and O–H groups in total. The van der Waals surface area contributed by atoms with Gasteiger partial charge in [-0.2, -0.15) is 0 Å². The number of furan rings is 1. The first-order chi connectivity index (χ1) is 15.1. The minimum absolute atomic E-state index is 0.0551. The third-order valence-electron chi connectivity index (χ3n) is 4.29. The van der Waals surface area contributed by atoms with Gasteiger partial charge in [-0.05, 0) is 31.2 Å². The molecule has 0 saturated carbocycles. The van der Waals surface area contributed by atoms with E-state index in [4.69, 9.17) is 25.7 Å². The van der Waals surface area contributed by atoms with Gasteiger partial charge in [-0.3, -0.25) is 9.36 Å². The van der Waals surface area contributed by atoms with Crippen molar-refractivity contribution < 1.29 is 13.9 Å². The summed E-state index contributed by atoms with van der Waals surface area (Å²) in [6.45, 7) is 2.54. The average molecular weight is 475 g/mol. The molecule has 0 atom stereocenters. The molecule has 4 aromatic rings. The van der Waals surface area contributed by atoms with Gasteiger partial charge < -0.3 is 9.15 Å². The van der Waals surface area contributed by atoms with Crippen LogP contribution in [0.3, 0.4) is 0 Å². The molecule has 31 heavy (non-hydrogen) atoms. The van der Waals surface area contributed by atoms with E-state index in [-0.39, 0.29) is 12.4 Å². The first kappa shape index (κ1) is 21.6. The number of hydrogen-bond acceptors (Lipinski definition) is 8. The molecule has 0 aliphatic rings. The van der Waals surface area contributed by atoms with Crippen LogP contribution in [-0.4, -0.2) is 32.3 Å². The van der Waals surface area contributed by atoms with Crippen molar-refractivity contribution >= 4 is 40.7 Å². The Labute approximate surface area is 192 Å². The number of hydrogen-bond donors (Lipinski definition) is 0. The number of thioether (sulfide) groups is 1. The monoisotopic (exact) mass is 474 g/mol. The topological polar surface area (TPSA) is 83.0 Å². The van der Waals surface area contributed by atoms with Crippen LogP contribution in [0.15, 0.2) is 57.6 Å². The standard InChI is InChI=1S/C21H19ClN4O3S2/c1-2-28-19(27)10-18-24-25-21(26(18)11-17-4-3-9-29-17)31-13-16-12-30-20(23-16)14-5-7-15(22)8-6-14/h3-9,12H,2,10-11,13H2,1H3. The van der Waals surface area contributed by atoms with Crippen LogP contribution in [0.4, 0.5) is 0 Å². The summed E-state index contributed by atoms with van der Waals surface area (Å²) < 4.78 is 12.4. The van der Waals surface area contributed by atoms with Crippen LogP contribution in [-0.2, 0) is 28.2 Å². The molecule has 0 radical (unpaired) electrons. The molecule has 0 fully saturated rings. The molecule has 0 unspecified atom stereocenters. The van der Waals surface area contributed by atoms with Gasteiger partial charge in [-0.15, -0.1) is 21.5 Å². The van der Waals surface area contributed by atoms with Gasteiger partial charge in [-0.1, -0.05) is 35.5 Å². The lowest BCUT2D eigenvalue weighted by molar-refractivity contribution is -0.142. The highest BCUT2D eigenvalue weighted by Crippen LogP contribution is 2.29. The lowest BCUT2D eigenvalue weighted by atomic mass is 10.2. The maximum Gasteiger partial charge on any atom is 0.313 e. The van der Waals surface area contributed by atoms with Gasteiger partial charge in [0.1, 0.15) is 23.0 Å². The zero-order chi connectivity index (χ0) is 21.6. The van der Waals surface area contributed by atoms with Crippen molar-refractivity contribution in [1.82, 2.24) is 19.7 Å². The van der Waals surface area contributed by atoms with Crippen molar-refractivity contribution in [2.45, 2.75) is 30.8 Å². The van der Waals surface area contributed by atoms with E-state index in [9.17, 15) is 4.79 Å². The number of benzene rings is 1. The number of thiazole rings is 1. The SMILES string of the molecule is CCOC(=O)Cc1nnc(SCc2csc(-c3ccc(Cl)cc3)n2)n1Cc1ccco1. The van der Waals surface area contributed by atoms with Crippen molar-refractivity contribution in [3.05, 3.63) is 70.3 Å². The Kier molecular flexibility index (Phi) is 7.06. The molecule has 1 aromatic carbocycles. The Bertz CT molecular complexity index is 1140. The van der Waals surface area contributed by atoms with E-state index in [0.29, 0.717) is 34.9 Å².